The van der Waals surface area contributed by atoms with Crippen LogP contribution in [-0.2, 0) is 0 Å². The molecule has 0 aromatic heterocycles. The van der Waals surface area contributed by atoms with Crippen molar-refractivity contribution in [2.45, 2.75) is 6.36 Å². The summed E-state index contributed by atoms with van der Waals surface area (Å²) in [7, 11) is 0. The van der Waals surface area contributed by atoms with Crippen LogP contribution in [0, 0.1) is 0 Å². The number of halogens is 3. The number of alkyl halides is 3. The first kappa shape index (κ1) is 16.3. The summed E-state index contributed by atoms with van der Waals surface area (Å²) in [5, 5.41) is 0. The van der Waals surface area contributed by atoms with Crippen LogP contribution in [0.5, 0.6) is 5.75 Å². The Morgan fingerprint density at radius 1 is 0.783 bits per heavy atom. The van der Waals surface area contributed by atoms with Gasteiger partial charge in [-0.05, 0) is 36.4 Å². The molecule has 0 saturated carbocycles. The van der Waals surface area contributed by atoms with Gasteiger partial charge in [-0.3, -0.25) is 20.4 Å². The second-order valence-electron chi connectivity index (χ2n) is 4.35. The van der Waals surface area contributed by atoms with Crippen molar-refractivity contribution < 1.29 is 27.5 Å². The Morgan fingerprint density at radius 2 is 1.26 bits per heavy atom. The van der Waals surface area contributed by atoms with Gasteiger partial charge in [0.25, 0.3) is 11.8 Å². The molecule has 2 aromatic carbocycles. The lowest BCUT2D eigenvalue weighted by Gasteiger charge is -2.10. The van der Waals surface area contributed by atoms with E-state index in [1.165, 1.54) is 0 Å². The van der Waals surface area contributed by atoms with Crippen LogP contribution in [0.3, 0.4) is 0 Å². The minimum Gasteiger partial charge on any atom is -0.406 e. The summed E-state index contributed by atoms with van der Waals surface area (Å²) in [6.07, 6.45) is -4.80. The van der Waals surface area contributed by atoms with Crippen molar-refractivity contribution in [3.05, 3.63) is 65.7 Å². The van der Waals surface area contributed by atoms with Gasteiger partial charge in [0, 0.05) is 11.1 Å². The van der Waals surface area contributed by atoms with Gasteiger partial charge in [-0.25, -0.2) is 0 Å². The van der Waals surface area contributed by atoms with Gasteiger partial charge in [0.2, 0.25) is 0 Å². The summed E-state index contributed by atoms with van der Waals surface area (Å²) in [5.41, 5.74) is 4.78. The summed E-state index contributed by atoms with van der Waals surface area (Å²) in [6.45, 7) is 0. The Labute approximate surface area is 129 Å². The van der Waals surface area contributed by atoms with Crippen molar-refractivity contribution >= 4 is 11.8 Å². The van der Waals surface area contributed by atoms with Gasteiger partial charge in [0.15, 0.2) is 0 Å². The largest absolute Gasteiger partial charge is 0.573 e. The van der Waals surface area contributed by atoms with E-state index in [-0.39, 0.29) is 5.56 Å². The number of carbonyl (C=O) groups excluding carboxylic acids is 2. The second kappa shape index (κ2) is 6.82. The SMILES string of the molecule is O=C(NNC(=O)c1ccc(OC(F)(F)F)cc1)c1ccccc1. The molecule has 0 unspecified atom stereocenters. The Hall–Kier alpha value is -3.03. The molecule has 2 aromatic rings. The summed E-state index contributed by atoms with van der Waals surface area (Å²) < 4.78 is 39.8. The van der Waals surface area contributed by atoms with Gasteiger partial charge >= 0.3 is 6.36 Å². The number of benzene rings is 2. The average molecular weight is 324 g/mol. The Kier molecular flexibility index (Phi) is 4.85. The highest BCUT2D eigenvalue weighted by atomic mass is 19.4. The normalized spacial score (nSPS) is 10.7. The van der Waals surface area contributed by atoms with Crippen LogP contribution in [0.15, 0.2) is 54.6 Å². The Balaban J connectivity index is 1.92. The van der Waals surface area contributed by atoms with Gasteiger partial charge in [0.05, 0.1) is 0 Å². The average Bonchev–Trinajstić information content (AvgIpc) is 2.52. The van der Waals surface area contributed by atoms with E-state index >= 15 is 0 Å². The zero-order valence-electron chi connectivity index (χ0n) is 11.6. The molecule has 2 amide bonds. The monoisotopic (exact) mass is 324 g/mol. The molecule has 120 valence electrons. The quantitative estimate of drug-likeness (QED) is 0.853. The topological polar surface area (TPSA) is 67.4 Å². The molecule has 0 bridgehead atoms. The van der Waals surface area contributed by atoms with Crippen LogP contribution < -0.4 is 15.6 Å². The van der Waals surface area contributed by atoms with Crippen molar-refractivity contribution in [3.63, 3.8) is 0 Å². The Bertz CT molecular complexity index is 685. The summed E-state index contributed by atoms with van der Waals surface area (Å²) in [6, 6.07) is 12.5. The van der Waals surface area contributed by atoms with Crippen LogP contribution in [0.25, 0.3) is 0 Å². The standard InChI is InChI=1S/C15H11F3N2O3/c16-15(17,18)23-12-8-6-11(7-9-12)14(22)20-19-13(21)10-4-2-1-3-5-10/h1-9H,(H,19,21)(H,20,22). The van der Waals surface area contributed by atoms with Crippen molar-refractivity contribution in [2.24, 2.45) is 0 Å². The van der Waals surface area contributed by atoms with Gasteiger partial charge < -0.3 is 4.74 Å². The first-order valence-corrected chi connectivity index (χ1v) is 6.37. The molecule has 23 heavy (non-hydrogen) atoms. The molecule has 0 heterocycles. The molecule has 0 aliphatic rings. The number of carbonyl (C=O) groups is 2. The minimum atomic E-state index is -4.80. The van der Waals surface area contributed by atoms with Crippen molar-refractivity contribution in [3.8, 4) is 5.75 Å². The first-order valence-electron chi connectivity index (χ1n) is 6.37. The van der Waals surface area contributed by atoms with Crippen LogP contribution in [0.1, 0.15) is 20.7 Å². The van der Waals surface area contributed by atoms with E-state index in [1.807, 2.05) is 0 Å². The lowest BCUT2D eigenvalue weighted by atomic mass is 10.2. The number of rotatable bonds is 3. The van der Waals surface area contributed by atoms with Gasteiger partial charge in [0.1, 0.15) is 5.75 Å². The fourth-order valence-corrected chi connectivity index (χ4v) is 1.66. The smallest absolute Gasteiger partial charge is 0.406 e. The van der Waals surface area contributed by atoms with E-state index < -0.39 is 23.9 Å². The molecule has 5 nitrogen and oxygen atoms in total. The molecule has 0 aliphatic heterocycles. The van der Waals surface area contributed by atoms with E-state index in [0.29, 0.717) is 5.56 Å². The number of hydrogen-bond acceptors (Lipinski definition) is 3. The van der Waals surface area contributed by atoms with Gasteiger partial charge in [-0.1, -0.05) is 18.2 Å². The number of hydrogen-bond donors (Lipinski definition) is 2. The van der Waals surface area contributed by atoms with Crippen molar-refractivity contribution in [1.82, 2.24) is 10.9 Å². The van der Waals surface area contributed by atoms with Gasteiger partial charge in [-0.2, -0.15) is 0 Å². The van der Waals surface area contributed by atoms with Crippen LogP contribution >= 0.6 is 0 Å². The predicted octanol–water partition coefficient (Wildman–Crippen LogP) is 2.66. The van der Waals surface area contributed by atoms with Crippen molar-refractivity contribution in [2.75, 3.05) is 0 Å². The molecule has 0 radical (unpaired) electrons. The number of amides is 2. The van der Waals surface area contributed by atoms with E-state index in [1.54, 1.807) is 30.3 Å². The predicted molar refractivity (Wildman–Crippen MR) is 74.5 cm³/mol. The third-order valence-corrected chi connectivity index (χ3v) is 2.68. The molecular weight excluding hydrogens is 313 g/mol. The van der Waals surface area contributed by atoms with Gasteiger partial charge in [-0.15, -0.1) is 13.2 Å². The van der Waals surface area contributed by atoms with Crippen LogP contribution in [0.4, 0.5) is 13.2 Å². The van der Waals surface area contributed by atoms with E-state index in [2.05, 4.69) is 15.6 Å². The molecule has 0 saturated heterocycles. The molecular formula is C15H11F3N2O3. The highest BCUT2D eigenvalue weighted by molar-refractivity contribution is 5.99. The lowest BCUT2D eigenvalue weighted by molar-refractivity contribution is -0.274. The van der Waals surface area contributed by atoms with E-state index in [4.69, 9.17) is 0 Å². The fourth-order valence-electron chi connectivity index (χ4n) is 1.66. The molecule has 2 rings (SSSR count). The highest BCUT2D eigenvalue weighted by Crippen LogP contribution is 2.22. The lowest BCUT2D eigenvalue weighted by Crippen LogP contribution is -2.41. The van der Waals surface area contributed by atoms with E-state index in [0.717, 1.165) is 24.3 Å². The maximum Gasteiger partial charge on any atom is 0.573 e. The number of ether oxygens (including phenoxy) is 1. The second-order valence-corrected chi connectivity index (χ2v) is 4.35. The number of nitrogens with one attached hydrogen (secondary N) is 2. The zero-order valence-corrected chi connectivity index (χ0v) is 11.6. The number of hydrazine groups is 1. The molecule has 0 atom stereocenters. The molecule has 0 fully saturated rings. The highest BCUT2D eigenvalue weighted by Gasteiger charge is 2.31. The van der Waals surface area contributed by atoms with Crippen LogP contribution in [0.2, 0.25) is 0 Å². The van der Waals surface area contributed by atoms with Crippen LogP contribution in [-0.4, -0.2) is 18.2 Å². The minimum absolute atomic E-state index is 0.0629. The molecule has 0 spiro atoms. The first-order chi connectivity index (χ1) is 10.8. The molecule has 2 N–H and O–H groups in total. The Morgan fingerprint density at radius 3 is 1.74 bits per heavy atom. The van der Waals surface area contributed by atoms with Crippen molar-refractivity contribution in [1.29, 1.82) is 0 Å². The summed E-state index contributed by atoms with van der Waals surface area (Å²) in [4.78, 5) is 23.5. The van der Waals surface area contributed by atoms with E-state index in [9.17, 15) is 22.8 Å². The summed E-state index contributed by atoms with van der Waals surface area (Å²) in [5.74, 6) is -1.63. The third-order valence-electron chi connectivity index (χ3n) is 2.68. The molecule has 8 heteroatoms. The maximum absolute atomic E-state index is 12.0. The maximum atomic E-state index is 12.0. The zero-order chi connectivity index (χ0) is 16.9. The fraction of sp³-hybridized carbons (Fsp3) is 0.0667. The molecule has 0 aliphatic carbocycles. The summed E-state index contributed by atoms with van der Waals surface area (Å²) >= 11 is 0. The third kappa shape index (κ3) is 5.03.